The first-order valence-electron chi connectivity index (χ1n) is 11.2. The fraction of sp³-hybridized carbons (Fsp3) is 0.480. The third kappa shape index (κ3) is 5.91. The van der Waals surface area contributed by atoms with Crippen molar-refractivity contribution >= 4 is 5.91 Å². The van der Waals surface area contributed by atoms with E-state index in [0.29, 0.717) is 6.54 Å². The minimum atomic E-state index is 0.128. The van der Waals surface area contributed by atoms with Crippen molar-refractivity contribution in [3.05, 3.63) is 71.3 Å². The number of rotatable bonds is 7. The lowest BCUT2D eigenvalue weighted by molar-refractivity contribution is -0.126. The number of morpholine rings is 1. The summed E-state index contributed by atoms with van der Waals surface area (Å²) < 4.78 is 5.45. The molecule has 2 aromatic carbocycles. The molecule has 2 saturated heterocycles. The Morgan fingerprint density at radius 2 is 1.47 bits per heavy atom. The lowest BCUT2D eigenvalue weighted by Crippen LogP contribution is -2.40. The highest BCUT2D eigenvalue weighted by atomic mass is 16.5. The topological polar surface area (TPSA) is 44.8 Å². The molecule has 0 saturated carbocycles. The SMILES string of the molecule is O=C(NCc1ccccc1CN1CCOCC1)C1CCN(Cc2ccccc2)CC1. The summed E-state index contributed by atoms with van der Waals surface area (Å²) in [5, 5.41) is 3.21. The quantitative estimate of drug-likeness (QED) is 0.766. The molecule has 5 nitrogen and oxygen atoms in total. The largest absolute Gasteiger partial charge is 0.379 e. The highest BCUT2D eigenvalue weighted by molar-refractivity contribution is 5.78. The molecule has 2 heterocycles. The van der Waals surface area contributed by atoms with Gasteiger partial charge in [-0.05, 0) is 42.6 Å². The molecule has 1 amide bonds. The standard InChI is InChI=1S/C25H33N3O2/c29-25(22-10-12-27(13-11-22)19-21-6-2-1-3-7-21)26-18-23-8-4-5-9-24(23)20-28-14-16-30-17-15-28/h1-9,22H,10-20H2,(H,26,29). The predicted molar refractivity (Wildman–Crippen MR) is 119 cm³/mol. The molecule has 2 fully saturated rings. The molecular weight excluding hydrogens is 374 g/mol. The van der Waals surface area contributed by atoms with Crippen LogP contribution in [0.15, 0.2) is 54.6 Å². The summed E-state index contributed by atoms with van der Waals surface area (Å²) in [5.41, 5.74) is 3.87. The van der Waals surface area contributed by atoms with Gasteiger partial charge in [0.1, 0.15) is 0 Å². The maximum atomic E-state index is 12.8. The number of hydrogen-bond donors (Lipinski definition) is 1. The van der Waals surface area contributed by atoms with Gasteiger partial charge in [0, 0.05) is 38.6 Å². The van der Waals surface area contributed by atoms with Crippen LogP contribution in [0.25, 0.3) is 0 Å². The number of amides is 1. The number of likely N-dealkylation sites (tertiary alicyclic amines) is 1. The van der Waals surface area contributed by atoms with Gasteiger partial charge in [0.05, 0.1) is 13.2 Å². The molecule has 30 heavy (non-hydrogen) atoms. The molecule has 0 atom stereocenters. The molecule has 1 N–H and O–H groups in total. The lowest BCUT2D eigenvalue weighted by atomic mass is 9.95. The number of carbonyl (C=O) groups excluding carboxylic acids is 1. The zero-order chi connectivity index (χ0) is 20.6. The summed E-state index contributed by atoms with van der Waals surface area (Å²) in [6.07, 6.45) is 1.88. The van der Waals surface area contributed by atoms with E-state index in [0.717, 1.165) is 65.3 Å². The minimum absolute atomic E-state index is 0.128. The number of hydrogen-bond acceptors (Lipinski definition) is 4. The van der Waals surface area contributed by atoms with Gasteiger partial charge in [-0.3, -0.25) is 14.6 Å². The van der Waals surface area contributed by atoms with Crippen LogP contribution in [-0.2, 0) is 29.2 Å². The summed E-state index contributed by atoms with van der Waals surface area (Å²) in [7, 11) is 0. The van der Waals surface area contributed by atoms with Crippen LogP contribution in [0, 0.1) is 5.92 Å². The molecule has 0 aliphatic carbocycles. The van der Waals surface area contributed by atoms with Gasteiger partial charge in [-0.15, -0.1) is 0 Å². The monoisotopic (exact) mass is 407 g/mol. The van der Waals surface area contributed by atoms with E-state index in [4.69, 9.17) is 4.74 Å². The zero-order valence-electron chi connectivity index (χ0n) is 17.8. The van der Waals surface area contributed by atoms with Crippen LogP contribution < -0.4 is 5.32 Å². The highest BCUT2D eigenvalue weighted by Gasteiger charge is 2.25. The van der Waals surface area contributed by atoms with E-state index >= 15 is 0 Å². The highest BCUT2D eigenvalue weighted by Crippen LogP contribution is 2.20. The van der Waals surface area contributed by atoms with Crippen LogP contribution in [0.3, 0.4) is 0 Å². The Morgan fingerprint density at radius 1 is 0.833 bits per heavy atom. The molecule has 0 spiro atoms. The molecular formula is C25H33N3O2. The van der Waals surface area contributed by atoms with Crippen molar-refractivity contribution in [1.29, 1.82) is 0 Å². The Hall–Kier alpha value is -2.21. The van der Waals surface area contributed by atoms with Crippen LogP contribution in [0.2, 0.25) is 0 Å². The Kier molecular flexibility index (Phi) is 7.51. The van der Waals surface area contributed by atoms with E-state index in [2.05, 4.69) is 69.7 Å². The van der Waals surface area contributed by atoms with Crippen LogP contribution in [-0.4, -0.2) is 55.1 Å². The molecule has 5 heteroatoms. The Labute approximate surface area is 180 Å². The van der Waals surface area contributed by atoms with Crippen molar-refractivity contribution < 1.29 is 9.53 Å². The van der Waals surface area contributed by atoms with E-state index in [-0.39, 0.29) is 11.8 Å². The number of carbonyl (C=O) groups is 1. The van der Waals surface area contributed by atoms with Crippen LogP contribution in [0.5, 0.6) is 0 Å². The molecule has 0 unspecified atom stereocenters. The number of benzene rings is 2. The maximum Gasteiger partial charge on any atom is 0.223 e. The third-order valence-electron chi connectivity index (χ3n) is 6.28. The molecule has 0 aromatic heterocycles. The van der Waals surface area contributed by atoms with Crippen molar-refractivity contribution in [1.82, 2.24) is 15.1 Å². The fourth-order valence-corrected chi connectivity index (χ4v) is 4.41. The summed E-state index contributed by atoms with van der Waals surface area (Å²) in [4.78, 5) is 17.7. The number of ether oxygens (including phenoxy) is 1. The first-order chi connectivity index (χ1) is 14.8. The summed E-state index contributed by atoms with van der Waals surface area (Å²) in [6, 6.07) is 19.0. The molecule has 2 aromatic rings. The van der Waals surface area contributed by atoms with E-state index in [1.165, 1.54) is 16.7 Å². The molecule has 4 rings (SSSR count). The van der Waals surface area contributed by atoms with Crippen molar-refractivity contribution in [3.8, 4) is 0 Å². The lowest BCUT2D eigenvalue weighted by Gasteiger charge is -2.31. The van der Waals surface area contributed by atoms with E-state index < -0.39 is 0 Å². The third-order valence-corrected chi connectivity index (χ3v) is 6.28. The number of piperidine rings is 1. The smallest absolute Gasteiger partial charge is 0.223 e. The van der Waals surface area contributed by atoms with Gasteiger partial charge in [-0.25, -0.2) is 0 Å². The number of nitrogens with zero attached hydrogens (tertiary/aromatic N) is 2. The zero-order valence-corrected chi connectivity index (χ0v) is 17.8. The molecule has 0 bridgehead atoms. The molecule has 2 aliphatic rings. The van der Waals surface area contributed by atoms with Crippen LogP contribution in [0.4, 0.5) is 0 Å². The van der Waals surface area contributed by atoms with E-state index in [1.54, 1.807) is 0 Å². The van der Waals surface area contributed by atoms with Gasteiger partial charge in [0.2, 0.25) is 5.91 Å². The fourth-order valence-electron chi connectivity index (χ4n) is 4.41. The van der Waals surface area contributed by atoms with Gasteiger partial charge in [0.25, 0.3) is 0 Å². The number of nitrogens with one attached hydrogen (secondary N) is 1. The van der Waals surface area contributed by atoms with Crippen LogP contribution in [0.1, 0.15) is 29.5 Å². The average molecular weight is 408 g/mol. The van der Waals surface area contributed by atoms with Gasteiger partial charge in [-0.2, -0.15) is 0 Å². The van der Waals surface area contributed by atoms with E-state index in [1.807, 2.05) is 0 Å². The van der Waals surface area contributed by atoms with Crippen LogP contribution >= 0.6 is 0 Å². The minimum Gasteiger partial charge on any atom is -0.379 e. The first-order valence-corrected chi connectivity index (χ1v) is 11.2. The second-order valence-corrected chi connectivity index (χ2v) is 8.41. The average Bonchev–Trinajstić information content (AvgIpc) is 2.80. The van der Waals surface area contributed by atoms with Gasteiger partial charge in [0.15, 0.2) is 0 Å². The summed E-state index contributed by atoms with van der Waals surface area (Å²) in [5.74, 6) is 0.332. The van der Waals surface area contributed by atoms with Crippen molar-refractivity contribution in [3.63, 3.8) is 0 Å². The van der Waals surface area contributed by atoms with E-state index in [9.17, 15) is 4.79 Å². The normalized spacial score (nSPS) is 18.9. The Balaban J connectivity index is 1.24. The van der Waals surface area contributed by atoms with Gasteiger partial charge < -0.3 is 10.1 Å². The van der Waals surface area contributed by atoms with Crippen molar-refractivity contribution in [2.75, 3.05) is 39.4 Å². The van der Waals surface area contributed by atoms with Crippen molar-refractivity contribution in [2.45, 2.75) is 32.5 Å². The Bertz CT molecular complexity index is 797. The predicted octanol–water partition coefficient (Wildman–Crippen LogP) is 3.05. The molecule has 2 aliphatic heterocycles. The summed E-state index contributed by atoms with van der Waals surface area (Å²) in [6.45, 7) is 8.05. The van der Waals surface area contributed by atoms with Crippen molar-refractivity contribution in [2.24, 2.45) is 5.92 Å². The maximum absolute atomic E-state index is 12.8. The summed E-state index contributed by atoms with van der Waals surface area (Å²) >= 11 is 0. The second kappa shape index (κ2) is 10.7. The van der Waals surface area contributed by atoms with Gasteiger partial charge >= 0.3 is 0 Å². The first kappa shape index (κ1) is 21.0. The van der Waals surface area contributed by atoms with Gasteiger partial charge in [-0.1, -0.05) is 54.6 Å². The Morgan fingerprint density at radius 3 is 2.20 bits per heavy atom. The molecule has 0 radical (unpaired) electrons. The molecule has 160 valence electrons. The second-order valence-electron chi connectivity index (χ2n) is 8.41.